The molecule has 2 aromatic carbocycles. The van der Waals surface area contributed by atoms with Crippen LogP contribution in [0.2, 0.25) is 0 Å². The second-order valence-corrected chi connectivity index (χ2v) is 9.30. The number of anilines is 1. The highest BCUT2D eigenvalue weighted by Crippen LogP contribution is 2.28. The molecule has 3 rings (SSSR count). The summed E-state index contributed by atoms with van der Waals surface area (Å²) < 4.78 is 33.5. The molecule has 1 aliphatic heterocycles. The van der Waals surface area contributed by atoms with Crippen molar-refractivity contribution in [2.75, 3.05) is 44.7 Å². The van der Waals surface area contributed by atoms with Crippen LogP contribution < -0.4 is 14.4 Å². The summed E-state index contributed by atoms with van der Waals surface area (Å²) in [5.74, 6) is 0.578. The zero-order valence-corrected chi connectivity index (χ0v) is 18.8. The molecule has 8 heteroatoms. The number of carbonyl (C=O) groups is 1. The SMILES string of the molecule is COc1ccccc1N1CCN(C(=O)CNS(=O)(=O)c2c(C)cc(C)cc2C)CC1. The van der Waals surface area contributed by atoms with E-state index in [-0.39, 0.29) is 17.3 Å². The minimum atomic E-state index is -3.76. The van der Waals surface area contributed by atoms with Crippen molar-refractivity contribution in [1.82, 2.24) is 9.62 Å². The van der Waals surface area contributed by atoms with Gasteiger partial charge in [0, 0.05) is 26.2 Å². The van der Waals surface area contributed by atoms with E-state index in [2.05, 4.69) is 9.62 Å². The molecule has 162 valence electrons. The second kappa shape index (κ2) is 9.06. The van der Waals surface area contributed by atoms with Gasteiger partial charge in [-0.3, -0.25) is 4.79 Å². The van der Waals surface area contributed by atoms with Gasteiger partial charge in [-0.2, -0.15) is 0 Å². The highest BCUT2D eigenvalue weighted by Gasteiger charge is 2.25. The maximum atomic E-state index is 12.8. The van der Waals surface area contributed by atoms with E-state index in [1.165, 1.54) is 0 Å². The lowest BCUT2D eigenvalue weighted by Gasteiger charge is -2.36. The fraction of sp³-hybridized carbons (Fsp3) is 0.409. The summed E-state index contributed by atoms with van der Waals surface area (Å²) >= 11 is 0. The molecule has 1 aliphatic rings. The summed E-state index contributed by atoms with van der Waals surface area (Å²) in [6, 6.07) is 11.5. The Kier molecular flexibility index (Phi) is 6.67. The molecule has 30 heavy (non-hydrogen) atoms. The number of carbonyl (C=O) groups excluding carboxylic acids is 1. The second-order valence-electron chi connectivity index (χ2n) is 7.59. The first kappa shape index (κ1) is 22.1. The molecule has 0 aliphatic carbocycles. The van der Waals surface area contributed by atoms with Crippen molar-refractivity contribution in [1.29, 1.82) is 0 Å². The Hall–Kier alpha value is -2.58. The van der Waals surface area contributed by atoms with Gasteiger partial charge in [0.2, 0.25) is 15.9 Å². The van der Waals surface area contributed by atoms with Gasteiger partial charge in [-0.05, 0) is 44.0 Å². The van der Waals surface area contributed by atoms with Crippen molar-refractivity contribution in [2.45, 2.75) is 25.7 Å². The average molecular weight is 432 g/mol. The summed E-state index contributed by atoms with van der Waals surface area (Å²) in [4.78, 5) is 16.7. The standard InChI is InChI=1S/C22H29N3O4S/c1-16-13-17(2)22(18(3)14-16)30(27,28)23-15-21(26)25-11-9-24(10-12-25)19-7-5-6-8-20(19)29-4/h5-8,13-14,23H,9-12,15H2,1-4H3. The van der Waals surface area contributed by atoms with Gasteiger partial charge in [-0.1, -0.05) is 29.8 Å². The van der Waals surface area contributed by atoms with E-state index >= 15 is 0 Å². The van der Waals surface area contributed by atoms with Crippen LogP contribution in [0.5, 0.6) is 5.75 Å². The van der Waals surface area contributed by atoms with E-state index in [0.29, 0.717) is 37.3 Å². The predicted octanol–water partition coefficient (Wildman–Crippen LogP) is 2.25. The van der Waals surface area contributed by atoms with Gasteiger partial charge in [0.05, 0.1) is 24.2 Å². The number of rotatable bonds is 6. The number of sulfonamides is 1. The normalized spacial score (nSPS) is 14.7. The quantitative estimate of drug-likeness (QED) is 0.759. The molecule has 0 spiro atoms. The van der Waals surface area contributed by atoms with Gasteiger partial charge in [0.15, 0.2) is 0 Å². The Morgan fingerprint density at radius 1 is 1.03 bits per heavy atom. The lowest BCUT2D eigenvalue weighted by molar-refractivity contribution is -0.130. The number of hydrogen-bond acceptors (Lipinski definition) is 5. The number of nitrogens with zero attached hydrogens (tertiary/aromatic N) is 2. The number of aryl methyl sites for hydroxylation is 3. The van der Waals surface area contributed by atoms with Gasteiger partial charge in [0.25, 0.3) is 0 Å². The molecule has 0 radical (unpaired) electrons. The Morgan fingerprint density at radius 3 is 2.23 bits per heavy atom. The molecule has 1 amide bonds. The van der Waals surface area contributed by atoms with E-state index < -0.39 is 10.0 Å². The van der Waals surface area contributed by atoms with E-state index in [0.717, 1.165) is 17.0 Å². The number of para-hydroxylation sites is 2. The summed E-state index contributed by atoms with van der Waals surface area (Å²) in [7, 11) is -2.12. The van der Waals surface area contributed by atoms with Crippen molar-refractivity contribution in [3.8, 4) is 5.75 Å². The van der Waals surface area contributed by atoms with E-state index in [1.807, 2.05) is 43.3 Å². The molecule has 0 aromatic heterocycles. The Morgan fingerprint density at radius 2 is 1.63 bits per heavy atom. The molecule has 0 unspecified atom stereocenters. The van der Waals surface area contributed by atoms with Gasteiger partial charge < -0.3 is 14.5 Å². The fourth-order valence-electron chi connectivity index (χ4n) is 4.02. The van der Waals surface area contributed by atoms with Crippen molar-refractivity contribution in [3.05, 3.63) is 53.1 Å². The summed E-state index contributed by atoms with van der Waals surface area (Å²) in [6.07, 6.45) is 0. The van der Waals surface area contributed by atoms with Crippen molar-refractivity contribution in [2.24, 2.45) is 0 Å². The number of ether oxygens (including phenoxy) is 1. The van der Waals surface area contributed by atoms with Gasteiger partial charge in [-0.15, -0.1) is 0 Å². The van der Waals surface area contributed by atoms with Gasteiger partial charge in [0.1, 0.15) is 5.75 Å². The number of nitrogens with one attached hydrogen (secondary N) is 1. The zero-order valence-electron chi connectivity index (χ0n) is 17.9. The summed E-state index contributed by atoms with van der Waals surface area (Å²) in [5, 5.41) is 0. The van der Waals surface area contributed by atoms with Crippen LogP contribution in [0.25, 0.3) is 0 Å². The third-order valence-electron chi connectivity index (χ3n) is 5.35. The minimum Gasteiger partial charge on any atom is -0.495 e. The van der Waals surface area contributed by atoms with Gasteiger partial charge >= 0.3 is 0 Å². The molecule has 1 heterocycles. The molecule has 2 aromatic rings. The Bertz CT molecular complexity index is 1010. The summed E-state index contributed by atoms with van der Waals surface area (Å²) in [6.45, 7) is 7.61. The van der Waals surface area contributed by atoms with E-state index in [4.69, 9.17) is 4.74 Å². The fourth-order valence-corrected chi connectivity index (χ4v) is 5.44. The van der Waals surface area contributed by atoms with E-state index in [9.17, 15) is 13.2 Å². The molecular formula is C22H29N3O4S. The average Bonchev–Trinajstić information content (AvgIpc) is 2.71. The monoisotopic (exact) mass is 431 g/mol. The topological polar surface area (TPSA) is 79.0 Å². The van der Waals surface area contributed by atoms with Crippen LogP contribution in [0.4, 0.5) is 5.69 Å². The molecule has 1 N–H and O–H groups in total. The highest BCUT2D eigenvalue weighted by molar-refractivity contribution is 7.89. The van der Waals surface area contributed by atoms with Crippen LogP contribution in [0, 0.1) is 20.8 Å². The number of piperazine rings is 1. The van der Waals surface area contributed by atoms with E-state index in [1.54, 1.807) is 25.9 Å². The first-order valence-electron chi connectivity index (χ1n) is 9.96. The predicted molar refractivity (Wildman–Crippen MR) is 118 cm³/mol. The van der Waals surface area contributed by atoms with Crippen LogP contribution in [0.15, 0.2) is 41.3 Å². The van der Waals surface area contributed by atoms with Crippen LogP contribution in [-0.4, -0.2) is 59.1 Å². The molecule has 0 bridgehead atoms. The molecule has 1 fully saturated rings. The van der Waals surface area contributed by atoms with Crippen molar-refractivity contribution in [3.63, 3.8) is 0 Å². The van der Waals surface area contributed by atoms with Crippen LogP contribution in [-0.2, 0) is 14.8 Å². The van der Waals surface area contributed by atoms with Crippen LogP contribution in [0.1, 0.15) is 16.7 Å². The van der Waals surface area contributed by atoms with Crippen molar-refractivity contribution >= 4 is 21.6 Å². The lowest BCUT2D eigenvalue weighted by atomic mass is 10.1. The number of methoxy groups -OCH3 is 1. The zero-order chi connectivity index (χ0) is 21.9. The molecule has 7 nitrogen and oxygen atoms in total. The Balaban J connectivity index is 1.60. The van der Waals surface area contributed by atoms with Gasteiger partial charge in [-0.25, -0.2) is 13.1 Å². The highest BCUT2D eigenvalue weighted by atomic mass is 32.2. The Labute approximate surface area is 178 Å². The maximum Gasteiger partial charge on any atom is 0.241 e. The summed E-state index contributed by atoms with van der Waals surface area (Å²) in [5.41, 5.74) is 3.36. The minimum absolute atomic E-state index is 0.222. The smallest absolute Gasteiger partial charge is 0.241 e. The largest absolute Gasteiger partial charge is 0.495 e. The maximum absolute atomic E-state index is 12.8. The third kappa shape index (κ3) is 4.76. The molecule has 0 saturated carbocycles. The van der Waals surface area contributed by atoms with Crippen LogP contribution in [0.3, 0.4) is 0 Å². The van der Waals surface area contributed by atoms with Crippen molar-refractivity contribution < 1.29 is 17.9 Å². The number of hydrogen-bond donors (Lipinski definition) is 1. The number of amides is 1. The number of benzene rings is 2. The first-order valence-corrected chi connectivity index (χ1v) is 11.4. The third-order valence-corrected chi connectivity index (χ3v) is 7.05. The molecule has 0 atom stereocenters. The first-order chi connectivity index (χ1) is 14.2. The van der Waals surface area contributed by atoms with Crippen LogP contribution >= 0.6 is 0 Å². The molecular weight excluding hydrogens is 402 g/mol. The molecule has 1 saturated heterocycles. The lowest BCUT2D eigenvalue weighted by Crippen LogP contribution is -2.51.